The summed E-state index contributed by atoms with van der Waals surface area (Å²) in [5.74, 6) is 0.832. The Balaban J connectivity index is 2.06. The van der Waals surface area contributed by atoms with E-state index < -0.39 is 0 Å². The van der Waals surface area contributed by atoms with Crippen LogP contribution in [0.4, 0.5) is 0 Å². The summed E-state index contributed by atoms with van der Waals surface area (Å²) in [5, 5.41) is 14.5. The molecule has 3 aromatic rings. The molecule has 0 amide bonds. The number of benzene rings is 1. The molecular weight excluding hydrogens is 248 g/mol. The van der Waals surface area contributed by atoms with Crippen LogP contribution in [-0.2, 0) is 0 Å². The maximum Gasteiger partial charge on any atom is 0.253 e. The maximum absolute atomic E-state index is 9.46. The minimum Gasteiger partial charge on any atom is -0.508 e. The van der Waals surface area contributed by atoms with E-state index >= 15 is 0 Å². The molecule has 0 aliphatic heterocycles. The number of aromatic hydroxyl groups is 1. The van der Waals surface area contributed by atoms with Gasteiger partial charge >= 0.3 is 0 Å². The molecule has 6 heteroatoms. The number of phenolic OH excluding ortho intramolecular Hbond substituents is 1. The number of nitrogens with zero attached hydrogens (tertiary/aromatic N) is 4. The summed E-state index contributed by atoms with van der Waals surface area (Å²) in [6, 6.07) is 9.04. The normalized spacial score (nSPS) is 10.9. The van der Waals surface area contributed by atoms with Gasteiger partial charge < -0.3 is 5.11 Å². The summed E-state index contributed by atoms with van der Waals surface area (Å²) < 4.78 is 1.68. The lowest BCUT2D eigenvalue weighted by Crippen LogP contribution is -1.96. The van der Waals surface area contributed by atoms with Gasteiger partial charge in [0.15, 0.2) is 0 Å². The zero-order valence-corrected chi connectivity index (χ0v) is 10.4. The Morgan fingerprint density at radius 1 is 1.28 bits per heavy atom. The number of aryl methyl sites for hydroxylation is 1. The van der Waals surface area contributed by atoms with Crippen molar-refractivity contribution >= 4 is 17.5 Å². The molecule has 0 aliphatic carbocycles. The van der Waals surface area contributed by atoms with Crippen LogP contribution in [0.3, 0.4) is 0 Å². The summed E-state index contributed by atoms with van der Waals surface area (Å²) in [4.78, 5) is 9.30. The Morgan fingerprint density at radius 3 is 3.00 bits per heavy atom. The van der Waals surface area contributed by atoms with Crippen LogP contribution in [0.2, 0.25) is 0 Å². The summed E-state index contributed by atoms with van der Waals surface area (Å²) >= 11 is 1.51. The quantitative estimate of drug-likeness (QED) is 0.714. The van der Waals surface area contributed by atoms with Gasteiger partial charge in [-0.25, -0.2) is 4.98 Å². The van der Waals surface area contributed by atoms with Crippen LogP contribution in [0, 0.1) is 6.92 Å². The second-order valence-corrected chi connectivity index (χ2v) is 4.90. The second kappa shape index (κ2) is 4.30. The highest BCUT2D eigenvalue weighted by atomic mass is 32.2. The minimum atomic E-state index is 0.251. The van der Waals surface area contributed by atoms with Crippen LogP contribution in [0.1, 0.15) is 5.69 Å². The van der Waals surface area contributed by atoms with Crippen molar-refractivity contribution in [1.29, 1.82) is 0 Å². The van der Waals surface area contributed by atoms with E-state index in [9.17, 15) is 5.11 Å². The van der Waals surface area contributed by atoms with Crippen molar-refractivity contribution in [3.63, 3.8) is 0 Å². The number of fused-ring (bicyclic) bond motifs is 1. The molecule has 0 radical (unpaired) electrons. The van der Waals surface area contributed by atoms with Crippen LogP contribution < -0.4 is 0 Å². The van der Waals surface area contributed by atoms with E-state index in [0.29, 0.717) is 5.78 Å². The number of aromatic nitrogens is 4. The predicted molar refractivity (Wildman–Crippen MR) is 67.7 cm³/mol. The average Bonchev–Trinajstić information content (AvgIpc) is 2.77. The van der Waals surface area contributed by atoms with Crippen LogP contribution in [0.25, 0.3) is 5.78 Å². The fourth-order valence-electron chi connectivity index (χ4n) is 1.64. The highest BCUT2D eigenvalue weighted by molar-refractivity contribution is 7.99. The number of hydrogen-bond donors (Lipinski definition) is 1. The second-order valence-electron chi connectivity index (χ2n) is 3.81. The van der Waals surface area contributed by atoms with Gasteiger partial charge in [0.1, 0.15) is 17.1 Å². The SMILES string of the molecule is Cc1cc(Sc2cccc(O)c2)n2ncnc2n1. The highest BCUT2D eigenvalue weighted by Crippen LogP contribution is 2.29. The topological polar surface area (TPSA) is 63.3 Å². The molecule has 5 nitrogen and oxygen atoms in total. The Kier molecular flexibility index (Phi) is 2.64. The summed E-state index contributed by atoms with van der Waals surface area (Å²) in [7, 11) is 0. The van der Waals surface area contributed by atoms with E-state index in [1.807, 2.05) is 25.1 Å². The fraction of sp³-hybridized carbons (Fsp3) is 0.0833. The van der Waals surface area contributed by atoms with E-state index in [4.69, 9.17) is 0 Å². The number of rotatable bonds is 2. The Morgan fingerprint density at radius 2 is 2.17 bits per heavy atom. The highest BCUT2D eigenvalue weighted by Gasteiger charge is 2.07. The first-order chi connectivity index (χ1) is 8.72. The van der Waals surface area contributed by atoms with Gasteiger partial charge in [0.2, 0.25) is 0 Å². The third kappa shape index (κ3) is 2.02. The third-order valence-electron chi connectivity index (χ3n) is 2.39. The van der Waals surface area contributed by atoms with Crippen LogP contribution >= 0.6 is 11.8 Å². The van der Waals surface area contributed by atoms with Crippen LogP contribution in [0.5, 0.6) is 5.75 Å². The third-order valence-corrected chi connectivity index (χ3v) is 3.38. The molecule has 1 N–H and O–H groups in total. The summed E-state index contributed by atoms with van der Waals surface area (Å²) in [6.07, 6.45) is 1.48. The van der Waals surface area contributed by atoms with E-state index in [1.54, 1.807) is 16.6 Å². The van der Waals surface area contributed by atoms with Crippen molar-refractivity contribution in [2.45, 2.75) is 16.8 Å². The van der Waals surface area contributed by atoms with Gasteiger partial charge in [0, 0.05) is 10.6 Å². The Labute approximate surface area is 108 Å². The lowest BCUT2D eigenvalue weighted by molar-refractivity contribution is 0.474. The molecule has 2 heterocycles. The standard InChI is InChI=1S/C12H10N4OS/c1-8-5-11(16-12(15-8)13-7-14-16)18-10-4-2-3-9(17)6-10/h2-7,17H,1H3. The van der Waals surface area contributed by atoms with Gasteiger partial charge in [0.05, 0.1) is 0 Å². The molecular formula is C12H10N4OS. The molecule has 0 fully saturated rings. The van der Waals surface area contributed by atoms with Gasteiger partial charge in [-0.1, -0.05) is 17.8 Å². The van der Waals surface area contributed by atoms with Gasteiger partial charge in [-0.15, -0.1) is 0 Å². The molecule has 0 bridgehead atoms. The summed E-state index contributed by atoms with van der Waals surface area (Å²) in [6.45, 7) is 1.92. The van der Waals surface area contributed by atoms with Crippen molar-refractivity contribution in [2.24, 2.45) is 0 Å². The molecule has 0 spiro atoms. The van der Waals surface area contributed by atoms with Crippen molar-refractivity contribution in [3.8, 4) is 5.75 Å². The molecule has 0 aliphatic rings. The average molecular weight is 258 g/mol. The lowest BCUT2D eigenvalue weighted by atomic mass is 10.3. The van der Waals surface area contributed by atoms with Crippen LogP contribution in [-0.4, -0.2) is 24.7 Å². The first-order valence-corrected chi connectivity index (χ1v) is 6.18. The monoisotopic (exact) mass is 258 g/mol. The minimum absolute atomic E-state index is 0.251. The van der Waals surface area contributed by atoms with Gasteiger partial charge in [-0.2, -0.15) is 14.6 Å². The van der Waals surface area contributed by atoms with Gasteiger partial charge in [0.25, 0.3) is 5.78 Å². The van der Waals surface area contributed by atoms with Crippen LogP contribution in [0.15, 0.2) is 46.6 Å². The van der Waals surface area contributed by atoms with Crippen molar-refractivity contribution < 1.29 is 5.11 Å². The van der Waals surface area contributed by atoms with E-state index in [-0.39, 0.29) is 5.75 Å². The molecule has 2 aromatic heterocycles. The molecule has 0 saturated heterocycles. The molecule has 0 saturated carbocycles. The Hall–Kier alpha value is -2.08. The van der Waals surface area contributed by atoms with E-state index in [1.165, 1.54) is 18.1 Å². The fourth-order valence-corrected chi connectivity index (χ4v) is 2.65. The van der Waals surface area contributed by atoms with Crippen molar-refractivity contribution in [2.75, 3.05) is 0 Å². The van der Waals surface area contributed by atoms with Gasteiger partial charge in [-0.3, -0.25) is 0 Å². The molecule has 90 valence electrons. The van der Waals surface area contributed by atoms with E-state index in [0.717, 1.165) is 15.6 Å². The zero-order chi connectivity index (χ0) is 12.5. The molecule has 0 unspecified atom stereocenters. The molecule has 1 aromatic carbocycles. The molecule has 3 rings (SSSR count). The number of hydrogen-bond acceptors (Lipinski definition) is 5. The van der Waals surface area contributed by atoms with Crippen molar-refractivity contribution in [3.05, 3.63) is 42.4 Å². The number of phenols is 1. The summed E-state index contributed by atoms with van der Waals surface area (Å²) in [5.41, 5.74) is 0.887. The smallest absolute Gasteiger partial charge is 0.253 e. The van der Waals surface area contributed by atoms with Crippen molar-refractivity contribution in [1.82, 2.24) is 19.6 Å². The molecule has 18 heavy (non-hydrogen) atoms. The Bertz CT molecular complexity index is 710. The van der Waals surface area contributed by atoms with Gasteiger partial charge in [-0.05, 0) is 31.2 Å². The molecule has 0 atom stereocenters. The maximum atomic E-state index is 9.46. The van der Waals surface area contributed by atoms with E-state index in [2.05, 4.69) is 15.1 Å². The first kappa shape index (κ1) is 11.0. The first-order valence-electron chi connectivity index (χ1n) is 5.37. The zero-order valence-electron chi connectivity index (χ0n) is 9.61. The largest absolute Gasteiger partial charge is 0.508 e. The lowest BCUT2D eigenvalue weighted by Gasteiger charge is -2.05. The predicted octanol–water partition coefficient (Wildman–Crippen LogP) is 2.29.